The number of anilines is 1. The molecular weight excluding hydrogens is 206 g/mol. The largest absolute Gasteiger partial charge is 0.454 e. The fourth-order valence-electron chi connectivity index (χ4n) is 2.01. The number of fused-ring (bicyclic) bond motifs is 1. The number of benzene rings is 1. The van der Waals surface area contributed by atoms with Crippen molar-refractivity contribution in [2.45, 2.75) is 6.42 Å². The Kier molecular flexibility index (Phi) is 2.58. The third-order valence-electron chi connectivity index (χ3n) is 2.99. The molecule has 0 bridgehead atoms. The summed E-state index contributed by atoms with van der Waals surface area (Å²) in [6, 6.07) is 5.94. The van der Waals surface area contributed by atoms with Crippen molar-refractivity contribution in [1.82, 2.24) is 0 Å². The molecule has 0 saturated carbocycles. The molecule has 16 heavy (non-hydrogen) atoms. The molecule has 2 aliphatic rings. The van der Waals surface area contributed by atoms with Gasteiger partial charge in [0.25, 0.3) is 0 Å². The monoisotopic (exact) mass is 221 g/mol. The molecule has 2 aliphatic heterocycles. The number of hydrogen-bond acceptors (Lipinski definition) is 4. The molecule has 0 radical (unpaired) electrons. The zero-order valence-corrected chi connectivity index (χ0v) is 9.07. The predicted molar refractivity (Wildman–Crippen MR) is 60.0 cm³/mol. The molecule has 1 fully saturated rings. The van der Waals surface area contributed by atoms with E-state index in [0.717, 1.165) is 43.4 Å². The first-order chi connectivity index (χ1) is 7.92. The highest BCUT2D eigenvalue weighted by molar-refractivity contribution is 5.55. The second kappa shape index (κ2) is 4.22. The van der Waals surface area contributed by atoms with Crippen molar-refractivity contribution in [1.29, 1.82) is 0 Å². The van der Waals surface area contributed by atoms with Gasteiger partial charge in [-0.1, -0.05) is 0 Å². The molecule has 0 aliphatic carbocycles. The van der Waals surface area contributed by atoms with E-state index in [1.165, 1.54) is 0 Å². The second-order valence-electron chi connectivity index (χ2n) is 4.18. The molecule has 1 aromatic rings. The van der Waals surface area contributed by atoms with Crippen LogP contribution in [-0.4, -0.2) is 26.6 Å². The lowest BCUT2D eigenvalue weighted by molar-refractivity contribution is 0.174. The van der Waals surface area contributed by atoms with Gasteiger partial charge in [-0.3, -0.25) is 0 Å². The fourth-order valence-corrected chi connectivity index (χ4v) is 2.01. The van der Waals surface area contributed by atoms with Crippen molar-refractivity contribution in [2.24, 2.45) is 5.92 Å². The normalized spacial score (nSPS) is 22.4. The standard InChI is InChI=1S/C12H15NO3/c1-2-11-12(16-8-15-11)5-10(1)13-6-9-3-4-14-7-9/h1-2,5,9,13H,3-4,6-8H2. The fraction of sp³-hybridized carbons (Fsp3) is 0.500. The topological polar surface area (TPSA) is 39.7 Å². The summed E-state index contributed by atoms with van der Waals surface area (Å²) in [5.41, 5.74) is 1.08. The predicted octanol–water partition coefficient (Wildman–Crippen LogP) is 1.86. The molecular formula is C12H15NO3. The lowest BCUT2D eigenvalue weighted by atomic mass is 10.1. The summed E-state index contributed by atoms with van der Waals surface area (Å²) in [5, 5.41) is 3.40. The summed E-state index contributed by atoms with van der Waals surface area (Å²) in [6.07, 6.45) is 1.15. The Morgan fingerprint density at radius 1 is 1.25 bits per heavy atom. The van der Waals surface area contributed by atoms with E-state index in [1.54, 1.807) is 0 Å². The van der Waals surface area contributed by atoms with Crippen LogP contribution >= 0.6 is 0 Å². The van der Waals surface area contributed by atoms with Gasteiger partial charge < -0.3 is 19.5 Å². The van der Waals surface area contributed by atoms with E-state index in [1.807, 2.05) is 18.2 Å². The second-order valence-corrected chi connectivity index (χ2v) is 4.18. The zero-order chi connectivity index (χ0) is 10.8. The molecule has 1 unspecified atom stereocenters. The Morgan fingerprint density at radius 3 is 3.06 bits per heavy atom. The molecule has 86 valence electrons. The SMILES string of the molecule is c1cc2c(cc1NCC1CCOC1)OCO2. The van der Waals surface area contributed by atoms with Gasteiger partial charge in [0.2, 0.25) is 6.79 Å². The summed E-state index contributed by atoms with van der Waals surface area (Å²) in [7, 11) is 0. The van der Waals surface area contributed by atoms with Crippen molar-refractivity contribution < 1.29 is 14.2 Å². The summed E-state index contributed by atoms with van der Waals surface area (Å²) >= 11 is 0. The van der Waals surface area contributed by atoms with Crippen LogP contribution in [0.4, 0.5) is 5.69 Å². The van der Waals surface area contributed by atoms with Gasteiger partial charge in [-0.2, -0.15) is 0 Å². The van der Waals surface area contributed by atoms with Crippen molar-refractivity contribution in [2.75, 3.05) is 31.9 Å². The summed E-state index contributed by atoms with van der Waals surface area (Å²) in [6.45, 7) is 3.06. The van der Waals surface area contributed by atoms with E-state index in [9.17, 15) is 0 Å². The highest BCUT2D eigenvalue weighted by Crippen LogP contribution is 2.34. The molecule has 0 aromatic heterocycles. The lowest BCUT2D eigenvalue weighted by Gasteiger charge is -2.10. The minimum atomic E-state index is 0.329. The number of nitrogens with one attached hydrogen (secondary N) is 1. The van der Waals surface area contributed by atoms with Crippen LogP contribution in [0.5, 0.6) is 11.5 Å². The molecule has 1 N–H and O–H groups in total. The lowest BCUT2D eigenvalue weighted by Crippen LogP contribution is -2.13. The molecule has 1 aromatic carbocycles. The van der Waals surface area contributed by atoms with Crippen LogP contribution in [0, 0.1) is 5.92 Å². The van der Waals surface area contributed by atoms with Crippen LogP contribution in [0.1, 0.15) is 6.42 Å². The third kappa shape index (κ3) is 1.93. The van der Waals surface area contributed by atoms with E-state index < -0.39 is 0 Å². The Balaban J connectivity index is 1.61. The van der Waals surface area contributed by atoms with Gasteiger partial charge in [0, 0.05) is 30.8 Å². The van der Waals surface area contributed by atoms with E-state index in [-0.39, 0.29) is 0 Å². The number of hydrogen-bond donors (Lipinski definition) is 1. The quantitative estimate of drug-likeness (QED) is 0.845. The van der Waals surface area contributed by atoms with Crippen LogP contribution in [0.2, 0.25) is 0 Å². The maximum absolute atomic E-state index is 5.33. The van der Waals surface area contributed by atoms with E-state index >= 15 is 0 Å². The molecule has 4 nitrogen and oxygen atoms in total. The average molecular weight is 221 g/mol. The van der Waals surface area contributed by atoms with Gasteiger partial charge in [0.05, 0.1) is 6.61 Å². The van der Waals surface area contributed by atoms with Gasteiger partial charge in [-0.15, -0.1) is 0 Å². The number of rotatable bonds is 3. The highest BCUT2D eigenvalue weighted by atomic mass is 16.7. The van der Waals surface area contributed by atoms with Crippen LogP contribution < -0.4 is 14.8 Å². The molecule has 3 rings (SSSR count). The highest BCUT2D eigenvalue weighted by Gasteiger charge is 2.16. The van der Waals surface area contributed by atoms with Crippen molar-refractivity contribution in [3.05, 3.63) is 18.2 Å². The van der Waals surface area contributed by atoms with Gasteiger partial charge >= 0.3 is 0 Å². The van der Waals surface area contributed by atoms with Gasteiger partial charge in [0.15, 0.2) is 11.5 Å². The molecule has 1 atom stereocenters. The van der Waals surface area contributed by atoms with Crippen LogP contribution in [0.3, 0.4) is 0 Å². The van der Waals surface area contributed by atoms with Crippen molar-refractivity contribution in [3.63, 3.8) is 0 Å². The molecule has 4 heteroatoms. The van der Waals surface area contributed by atoms with Gasteiger partial charge in [0.1, 0.15) is 0 Å². The minimum Gasteiger partial charge on any atom is -0.454 e. The Morgan fingerprint density at radius 2 is 2.19 bits per heavy atom. The zero-order valence-electron chi connectivity index (χ0n) is 9.07. The smallest absolute Gasteiger partial charge is 0.231 e. The van der Waals surface area contributed by atoms with Gasteiger partial charge in [-0.05, 0) is 18.6 Å². The minimum absolute atomic E-state index is 0.329. The maximum atomic E-state index is 5.33. The first-order valence-electron chi connectivity index (χ1n) is 5.63. The van der Waals surface area contributed by atoms with Crippen LogP contribution in [0.25, 0.3) is 0 Å². The van der Waals surface area contributed by atoms with Crippen LogP contribution in [-0.2, 0) is 4.74 Å². The summed E-state index contributed by atoms with van der Waals surface area (Å²) in [4.78, 5) is 0. The van der Waals surface area contributed by atoms with Crippen LogP contribution in [0.15, 0.2) is 18.2 Å². The molecule has 2 heterocycles. The summed E-state index contributed by atoms with van der Waals surface area (Å²) in [5.74, 6) is 2.29. The number of ether oxygens (including phenoxy) is 3. The van der Waals surface area contributed by atoms with Crippen molar-refractivity contribution >= 4 is 5.69 Å². The average Bonchev–Trinajstić information content (AvgIpc) is 2.97. The first kappa shape index (κ1) is 9.78. The molecule has 0 spiro atoms. The molecule has 0 amide bonds. The third-order valence-corrected chi connectivity index (χ3v) is 2.99. The Hall–Kier alpha value is -1.42. The first-order valence-corrected chi connectivity index (χ1v) is 5.63. The molecule has 1 saturated heterocycles. The van der Waals surface area contributed by atoms with E-state index in [0.29, 0.717) is 12.7 Å². The Bertz CT molecular complexity index is 375. The van der Waals surface area contributed by atoms with Crippen molar-refractivity contribution in [3.8, 4) is 11.5 Å². The summed E-state index contributed by atoms with van der Waals surface area (Å²) < 4.78 is 15.9. The van der Waals surface area contributed by atoms with E-state index in [4.69, 9.17) is 14.2 Å². The van der Waals surface area contributed by atoms with E-state index in [2.05, 4.69) is 5.32 Å². The maximum Gasteiger partial charge on any atom is 0.231 e. The van der Waals surface area contributed by atoms with Gasteiger partial charge in [-0.25, -0.2) is 0 Å². The Labute approximate surface area is 94.5 Å².